The first-order chi connectivity index (χ1) is 11.2. The second-order valence-corrected chi connectivity index (χ2v) is 6.10. The number of hydrogen-bond acceptors (Lipinski definition) is 4. The average Bonchev–Trinajstić information content (AvgIpc) is 2.59. The molecule has 1 unspecified atom stereocenters. The number of amides is 1. The van der Waals surface area contributed by atoms with E-state index in [0.717, 1.165) is 35.4 Å². The van der Waals surface area contributed by atoms with Crippen molar-refractivity contribution in [3.05, 3.63) is 35.5 Å². The summed E-state index contributed by atoms with van der Waals surface area (Å²) in [6, 6.07) is 7.61. The number of carbonyl (C=O) groups is 1. The highest BCUT2D eigenvalue weighted by Crippen LogP contribution is 2.21. The topological polar surface area (TPSA) is 63.2 Å². The third kappa shape index (κ3) is 3.62. The Bertz CT molecular complexity index is 709. The zero-order valence-electron chi connectivity index (χ0n) is 13.7. The molecule has 1 aliphatic heterocycles. The van der Waals surface area contributed by atoms with Crippen LogP contribution >= 0.6 is 0 Å². The van der Waals surface area contributed by atoms with Crippen molar-refractivity contribution in [2.24, 2.45) is 5.92 Å². The van der Waals surface area contributed by atoms with E-state index < -0.39 is 0 Å². The minimum atomic E-state index is -0.0432. The van der Waals surface area contributed by atoms with Crippen molar-refractivity contribution >= 4 is 16.8 Å². The molecule has 23 heavy (non-hydrogen) atoms. The summed E-state index contributed by atoms with van der Waals surface area (Å²) in [7, 11) is 1.63. The zero-order chi connectivity index (χ0) is 16.2. The molecule has 1 aliphatic rings. The van der Waals surface area contributed by atoms with Crippen LogP contribution in [0, 0.1) is 12.8 Å². The predicted molar refractivity (Wildman–Crippen MR) is 91.0 cm³/mol. The summed E-state index contributed by atoms with van der Waals surface area (Å²) in [5.74, 6) is 1.25. The van der Waals surface area contributed by atoms with E-state index in [1.807, 2.05) is 31.2 Å². The lowest BCUT2D eigenvalue weighted by atomic mass is 9.99. The van der Waals surface area contributed by atoms with Crippen molar-refractivity contribution < 1.29 is 9.53 Å². The van der Waals surface area contributed by atoms with Crippen LogP contribution in [-0.4, -0.2) is 37.6 Å². The van der Waals surface area contributed by atoms with Gasteiger partial charge in [-0.1, -0.05) is 0 Å². The first kappa shape index (κ1) is 15.7. The molecular formula is C18H23N3O2. The third-order valence-electron chi connectivity index (χ3n) is 4.41. The van der Waals surface area contributed by atoms with Gasteiger partial charge < -0.3 is 15.4 Å². The molecule has 5 heteroatoms. The Balaban J connectivity index is 1.75. The first-order valence-electron chi connectivity index (χ1n) is 8.11. The summed E-state index contributed by atoms with van der Waals surface area (Å²) in [4.78, 5) is 17.0. The van der Waals surface area contributed by atoms with Gasteiger partial charge in [0.2, 0.25) is 0 Å². The SMILES string of the molecule is COc1ccc2cc(C(=O)NCC3CCCNC3)c(C)nc2c1. The summed E-state index contributed by atoms with van der Waals surface area (Å²) >= 11 is 0. The van der Waals surface area contributed by atoms with Gasteiger partial charge in [-0.05, 0) is 57.0 Å². The highest BCUT2D eigenvalue weighted by Gasteiger charge is 2.16. The van der Waals surface area contributed by atoms with Crippen molar-refractivity contribution in [2.45, 2.75) is 19.8 Å². The molecule has 5 nitrogen and oxygen atoms in total. The number of hydrogen-bond donors (Lipinski definition) is 2. The maximum Gasteiger partial charge on any atom is 0.253 e. The fourth-order valence-electron chi connectivity index (χ4n) is 3.03. The van der Waals surface area contributed by atoms with Gasteiger partial charge in [0.25, 0.3) is 5.91 Å². The Hall–Kier alpha value is -2.14. The second-order valence-electron chi connectivity index (χ2n) is 6.10. The normalized spacial score (nSPS) is 17.9. The molecule has 1 fully saturated rings. The Morgan fingerprint density at radius 3 is 3.04 bits per heavy atom. The van der Waals surface area contributed by atoms with Crippen molar-refractivity contribution in [3.63, 3.8) is 0 Å². The summed E-state index contributed by atoms with van der Waals surface area (Å²) in [5, 5.41) is 7.37. The van der Waals surface area contributed by atoms with Gasteiger partial charge in [0.05, 0.1) is 23.9 Å². The maximum absolute atomic E-state index is 12.5. The quantitative estimate of drug-likeness (QED) is 0.909. The molecular weight excluding hydrogens is 290 g/mol. The maximum atomic E-state index is 12.5. The number of carbonyl (C=O) groups excluding carboxylic acids is 1. The number of nitrogens with one attached hydrogen (secondary N) is 2. The summed E-state index contributed by atoms with van der Waals surface area (Å²) < 4.78 is 5.22. The van der Waals surface area contributed by atoms with Crippen LogP contribution in [-0.2, 0) is 0 Å². The van der Waals surface area contributed by atoms with Crippen LogP contribution in [0.25, 0.3) is 10.9 Å². The van der Waals surface area contributed by atoms with Crippen LogP contribution in [0.15, 0.2) is 24.3 Å². The molecule has 1 amide bonds. The number of pyridine rings is 1. The van der Waals surface area contributed by atoms with Gasteiger partial charge in [-0.3, -0.25) is 9.78 Å². The fraction of sp³-hybridized carbons (Fsp3) is 0.444. The van der Waals surface area contributed by atoms with Crippen molar-refractivity contribution in [3.8, 4) is 5.75 Å². The lowest BCUT2D eigenvalue weighted by Crippen LogP contribution is -2.38. The van der Waals surface area contributed by atoms with Gasteiger partial charge in [-0.25, -0.2) is 0 Å². The first-order valence-corrected chi connectivity index (χ1v) is 8.11. The van der Waals surface area contributed by atoms with Crippen LogP contribution in [0.2, 0.25) is 0 Å². The van der Waals surface area contributed by atoms with Gasteiger partial charge in [0, 0.05) is 18.0 Å². The molecule has 0 aliphatic carbocycles. The number of nitrogens with zero attached hydrogens (tertiary/aromatic N) is 1. The van der Waals surface area contributed by atoms with E-state index in [0.29, 0.717) is 18.0 Å². The molecule has 1 saturated heterocycles. The van der Waals surface area contributed by atoms with Gasteiger partial charge in [0.15, 0.2) is 0 Å². The Morgan fingerprint density at radius 1 is 1.43 bits per heavy atom. The smallest absolute Gasteiger partial charge is 0.253 e. The van der Waals surface area contributed by atoms with Crippen molar-refractivity contribution in [2.75, 3.05) is 26.7 Å². The number of methoxy groups -OCH3 is 1. The van der Waals surface area contributed by atoms with E-state index in [1.165, 1.54) is 12.8 Å². The van der Waals surface area contributed by atoms with Gasteiger partial charge in [-0.15, -0.1) is 0 Å². The predicted octanol–water partition coefficient (Wildman–Crippen LogP) is 2.28. The largest absolute Gasteiger partial charge is 0.497 e. The van der Waals surface area contributed by atoms with Crippen LogP contribution in [0.4, 0.5) is 0 Å². The van der Waals surface area contributed by atoms with Gasteiger partial charge in [-0.2, -0.15) is 0 Å². The number of rotatable bonds is 4. The molecule has 0 radical (unpaired) electrons. The van der Waals surface area contributed by atoms with Gasteiger partial charge >= 0.3 is 0 Å². The molecule has 0 bridgehead atoms. The number of aromatic nitrogens is 1. The number of fused-ring (bicyclic) bond motifs is 1. The van der Waals surface area contributed by atoms with E-state index in [-0.39, 0.29) is 5.91 Å². The monoisotopic (exact) mass is 313 g/mol. The summed E-state index contributed by atoms with van der Waals surface area (Å²) in [6.45, 7) is 4.65. The van der Waals surface area contributed by atoms with Crippen LogP contribution in [0.3, 0.4) is 0 Å². The Kier molecular flexibility index (Phi) is 4.76. The lowest BCUT2D eigenvalue weighted by molar-refractivity contribution is 0.0944. The molecule has 0 saturated carbocycles. The highest BCUT2D eigenvalue weighted by molar-refractivity contribution is 5.98. The molecule has 1 aromatic heterocycles. The third-order valence-corrected chi connectivity index (χ3v) is 4.41. The second kappa shape index (κ2) is 6.96. The summed E-state index contributed by atoms with van der Waals surface area (Å²) in [5.41, 5.74) is 2.23. The standard InChI is InChI=1S/C18H23N3O2/c1-12-16(18(22)20-11-13-4-3-7-19-10-13)8-14-5-6-15(23-2)9-17(14)21-12/h5-6,8-9,13,19H,3-4,7,10-11H2,1-2H3,(H,20,22). The minimum absolute atomic E-state index is 0.0432. The average molecular weight is 313 g/mol. The van der Waals surface area contributed by atoms with E-state index in [9.17, 15) is 4.79 Å². The van der Waals surface area contributed by atoms with E-state index in [4.69, 9.17) is 4.74 Å². The van der Waals surface area contributed by atoms with Crippen LogP contribution in [0.5, 0.6) is 5.75 Å². The number of benzene rings is 1. The minimum Gasteiger partial charge on any atom is -0.497 e. The van der Waals surface area contributed by atoms with Gasteiger partial charge in [0.1, 0.15) is 5.75 Å². The van der Waals surface area contributed by atoms with Crippen molar-refractivity contribution in [1.29, 1.82) is 0 Å². The molecule has 122 valence electrons. The zero-order valence-corrected chi connectivity index (χ0v) is 13.7. The Morgan fingerprint density at radius 2 is 2.30 bits per heavy atom. The number of ether oxygens (including phenoxy) is 1. The fourth-order valence-corrected chi connectivity index (χ4v) is 3.03. The van der Waals surface area contributed by atoms with E-state index >= 15 is 0 Å². The van der Waals surface area contributed by atoms with Crippen LogP contribution < -0.4 is 15.4 Å². The molecule has 2 heterocycles. The highest BCUT2D eigenvalue weighted by atomic mass is 16.5. The molecule has 0 spiro atoms. The molecule has 2 aromatic rings. The molecule has 2 N–H and O–H groups in total. The summed E-state index contributed by atoms with van der Waals surface area (Å²) in [6.07, 6.45) is 2.35. The van der Waals surface area contributed by atoms with E-state index in [1.54, 1.807) is 7.11 Å². The van der Waals surface area contributed by atoms with Crippen molar-refractivity contribution in [1.82, 2.24) is 15.6 Å². The van der Waals surface area contributed by atoms with Crippen LogP contribution in [0.1, 0.15) is 28.9 Å². The molecule has 1 aromatic carbocycles. The number of aryl methyl sites for hydroxylation is 1. The lowest BCUT2D eigenvalue weighted by Gasteiger charge is -2.23. The Labute approximate surface area is 136 Å². The van der Waals surface area contributed by atoms with E-state index in [2.05, 4.69) is 15.6 Å². The molecule has 1 atom stereocenters. The number of piperidine rings is 1. The molecule has 3 rings (SSSR count).